The van der Waals surface area contributed by atoms with E-state index in [4.69, 9.17) is 0 Å². The predicted molar refractivity (Wildman–Crippen MR) is 71.1 cm³/mol. The first-order valence-electron chi connectivity index (χ1n) is 6.78. The fourth-order valence-corrected chi connectivity index (χ4v) is 4.12. The number of carbonyl (C=O) groups is 1. The minimum Gasteiger partial charge on any atom is -0.393 e. The van der Waals surface area contributed by atoms with E-state index < -0.39 is 0 Å². The lowest BCUT2D eigenvalue weighted by Gasteiger charge is -2.37. The van der Waals surface area contributed by atoms with Crippen LogP contribution in [0.15, 0.2) is 0 Å². The summed E-state index contributed by atoms with van der Waals surface area (Å²) in [4.78, 5) is 14.5. The van der Waals surface area contributed by atoms with E-state index in [2.05, 4.69) is 4.90 Å². The second-order valence-electron chi connectivity index (χ2n) is 5.27. The predicted octanol–water partition coefficient (Wildman–Crippen LogP) is 2.03. The highest BCUT2D eigenvalue weighted by atomic mass is 32.2. The normalized spacial score (nSPS) is 31.5. The van der Waals surface area contributed by atoms with Crippen molar-refractivity contribution in [2.45, 2.75) is 62.8 Å². The van der Waals surface area contributed by atoms with Gasteiger partial charge in [0.25, 0.3) is 0 Å². The molecule has 0 bridgehead atoms. The van der Waals surface area contributed by atoms with Crippen molar-refractivity contribution in [3.63, 3.8) is 0 Å². The molecule has 3 unspecified atom stereocenters. The summed E-state index contributed by atoms with van der Waals surface area (Å²) in [5.74, 6) is 1.46. The fraction of sp³-hybridized carbons (Fsp3) is 0.923. The Morgan fingerprint density at radius 3 is 2.88 bits per heavy atom. The van der Waals surface area contributed by atoms with Crippen LogP contribution in [0.3, 0.4) is 0 Å². The molecule has 0 aromatic rings. The lowest BCUT2D eigenvalue weighted by atomic mass is 9.96. The van der Waals surface area contributed by atoms with Crippen molar-refractivity contribution in [3.8, 4) is 0 Å². The van der Waals surface area contributed by atoms with Crippen LogP contribution in [0.1, 0.15) is 45.4 Å². The van der Waals surface area contributed by atoms with Crippen LogP contribution in [0.25, 0.3) is 0 Å². The number of hydrogen-bond acceptors (Lipinski definition) is 3. The van der Waals surface area contributed by atoms with Gasteiger partial charge in [-0.1, -0.05) is 0 Å². The number of thioether (sulfide) groups is 1. The molecule has 4 heteroatoms. The number of carbonyl (C=O) groups excluding carboxylic acids is 1. The second-order valence-corrected chi connectivity index (χ2v) is 6.58. The topological polar surface area (TPSA) is 40.5 Å². The van der Waals surface area contributed by atoms with Gasteiger partial charge >= 0.3 is 0 Å². The molecule has 17 heavy (non-hydrogen) atoms. The van der Waals surface area contributed by atoms with Crippen molar-refractivity contribution in [1.29, 1.82) is 0 Å². The Morgan fingerprint density at radius 1 is 1.41 bits per heavy atom. The van der Waals surface area contributed by atoms with Crippen molar-refractivity contribution in [2.24, 2.45) is 0 Å². The molecule has 2 rings (SSSR count). The average Bonchev–Trinajstić information content (AvgIpc) is 2.81. The summed E-state index contributed by atoms with van der Waals surface area (Å²) in [6, 6.07) is 0.275. The van der Waals surface area contributed by atoms with E-state index in [-0.39, 0.29) is 17.4 Å². The van der Waals surface area contributed by atoms with Gasteiger partial charge in [-0.05, 0) is 51.2 Å². The summed E-state index contributed by atoms with van der Waals surface area (Å²) in [5, 5.41) is 9.73. The quantitative estimate of drug-likeness (QED) is 0.841. The van der Waals surface area contributed by atoms with Gasteiger partial charge in [0.2, 0.25) is 5.91 Å². The smallest absolute Gasteiger partial charge is 0.235 e. The third-order valence-electron chi connectivity index (χ3n) is 3.73. The first kappa shape index (κ1) is 13.2. The largest absolute Gasteiger partial charge is 0.393 e. The number of hydrogen-bond donors (Lipinski definition) is 1. The van der Waals surface area contributed by atoms with Crippen LogP contribution < -0.4 is 0 Å². The molecule has 98 valence electrons. The zero-order valence-electron chi connectivity index (χ0n) is 10.6. The van der Waals surface area contributed by atoms with Crippen molar-refractivity contribution in [1.82, 2.24) is 4.90 Å². The lowest BCUT2D eigenvalue weighted by Crippen LogP contribution is -2.48. The molecule has 3 atom stereocenters. The maximum atomic E-state index is 12.4. The molecule has 0 spiro atoms. The molecular weight excluding hydrogens is 234 g/mol. The van der Waals surface area contributed by atoms with Gasteiger partial charge in [-0.2, -0.15) is 0 Å². The maximum Gasteiger partial charge on any atom is 0.235 e. The molecule has 2 aliphatic heterocycles. The van der Waals surface area contributed by atoms with Crippen LogP contribution in [-0.4, -0.2) is 45.6 Å². The molecule has 1 amide bonds. The zero-order valence-corrected chi connectivity index (χ0v) is 11.4. The highest BCUT2D eigenvalue weighted by Gasteiger charge is 2.33. The zero-order chi connectivity index (χ0) is 12.3. The minimum atomic E-state index is -0.301. The van der Waals surface area contributed by atoms with E-state index in [0.29, 0.717) is 5.91 Å². The van der Waals surface area contributed by atoms with Crippen LogP contribution in [0.4, 0.5) is 0 Å². The maximum absolute atomic E-state index is 12.4. The molecule has 2 heterocycles. The molecule has 1 N–H and O–H groups in total. The summed E-state index contributed by atoms with van der Waals surface area (Å²) in [7, 11) is 0. The highest BCUT2D eigenvalue weighted by Crippen LogP contribution is 2.30. The first-order valence-corrected chi connectivity index (χ1v) is 7.83. The van der Waals surface area contributed by atoms with Crippen LogP contribution in [0, 0.1) is 0 Å². The Kier molecular flexibility index (Phi) is 4.74. The van der Waals surface area contributed by atoms with Crippen molar-refractivity contribution in [2.75, 3.05) is 12.3 Å². The number of nitrogens with zero attached hydrogens (tertiary/aromatic N) is 1. The van der Waals surface area contributed by atoms with Crippen molar-refractivity contribution >= 4 is 17.7 Å². The Bertz CT molecular complexity index is 264. The monoisotopic (exact) mass is 257 g/mol. The Labute approximate surface area is 108 Å². The van der Waals surface area contributed by atoms with Gasteiger partial charge in [-0.25, -0.2) is 0 Å². The SMILES string of the molecule is CC(O)CC1CCCCN1C(=O)C1CCCS1. The molecule has 0 aromatic carbocycles. The summed E-state index contributed by atoms with van der Waals surface area (Å²) in [5.41, 5.74) is 0. The molecular formula is C13H23NO2S. The van der Waals surface area contributed by atoms with Gasteiger partial charge in [-0.3, -0.25) is 4.79 Å². The highest BCUT2D eigenvalue weighted by molar-refractivity contribution is 8.00. The van der Waals surface area contributed by atoms with E-state index >= 15 is 0 Å². The number of aliphatic hydroxyl groups is 1. The molecule has 2 saturated heterocycles. The fourth-order valence-electron chi connectivity index (χ4n) is 2.89. The van der Waals surface area contributed by atoms with E-state index in [0.717, 1.165) is 38.0 Å². The van der Waals surface area contributed by atoms with Crippen LogP contribution in [-0.2, 0) is 4.79 Å². The lowest BCUT2D eigenvalue weighted by molar-refractivity contribution is -0.134. The van der Waals surface area contributed by atoms with Gasteiger partial charge in [0.1, 0.15) is 0 Å². The van der Waals surface area contributed by atoms with Gasteiger partial charge in [-0.15, -0.1) is 11.8 Å². The van der Waals surface area contributed by atoms with Crippen molar-refractivity contribution < 1.29 is 9.90 Å². The Balaban J connectivity index is 1.97. The third-order valence-corrected chi connectivity index (χ3v) is 5.09. The van der Waals surface area contributed by atoms with E-state index in [1.807, 2.05) is 18.7 Å². The van der Waals surface area contributed by atoms with E-state index in [1.54, 1.807) is 0 Å². The van der Waals surface area contributed by atoms with E-state index in [1.165, 1.54) is 12.8 Å². The van der Waals surface area contributed by atoms with Gasteiger partial charge in [0.15, 0.2) is 0 Å². The Hall–Kier alpha value is -0.220. The summed E-state index contributed by atoms with van der Waals surface area (Å²) in [6.07, 6.45) is 6.04. The first-order chi connectivity index (χ1) is 8.18. The number of rotatable bonds is 3. The summed E-state index contributed by atoms with van der Waals surface area (Å²) in [6.45, 7) is 2.72. The van der Waals surface area contributed by atoms with E-state index in [9.17, 15) is 9.90 Å². The summed E-state index contributed by atoms with van der Waals surface area (Å²) >= 11 is 1.81. The van der Waals surface area contributed by atoms with Crippen LogP contribution in [0.2, 0.25) is 0 Å². The summed E-state index contributed by atoms with van der Waals surface area (Å²) < 4.78 is 0. The number of amides is 1. The molecule has 0 aromatic heterocycles. The van der Waals surface area contributed by atoms with Gasteiger partial charge in [0.05, 0.1) is 11.4 Å². The van der Waals surface area contributed by atoms with Gasteiger partial charge in [0, 0.05) is 12.6 Å². The molecule has 0 saturated carbocycles. The molecule has 3 nitrogen and oxygen atoms in total. The molecule has 2 fully saturated rings. The molecule has 2 aliphatic rings. The standard InChI is InChI=1S/C13H23NO2S/c1-10(15)9-11-5-2-3-7-14(11)13(16)12-6-4-8-17-12/h10-12,15H,2-9H2,1H3. The average molecular weight is 257 g/mol. The van der Waals surface area contributed by atoms with Crippen LogP contribution in [0.5, 0.6) is 0 Å². The minimum absolute atomic E-state index is 0.199. The molecule has 0 aliphatic carbocycles. The van der Waals surface area contributed by atoms with Crippen LogP contribution >= 0.6 is 11.8 Å². The number of aliphatic hydroxyl groups excluding tert-OH is 1. The molecule has 0 radical (unpaired) electrons. The number of likely N-dealkylation sites (tertiary alicyclic amines) is 1. The third kappa shape index (κ3) is 3.38. The second kappa shape index (κ2) is 6.10. The Morgan fingerprint density at radius 2 is 2.24 bits per heavy atom. The van der Waals surface area contributed by atoms with Crippen molar-refractivity contribution in [3.05, 3.63) is 0 Å². The number of piperidine rings is 1. The van der Waals surface area contributed by atoms with Gasteiger partial charge < -0.3 is 10.0 Å².